The van der Waals surface area contributed by atoms with Gasteiger partial charge in [0.25, 0.3) is 5.91 Å². The summed E-state index contributed by atoms with van der Waals surface area (Å²) in [5.41, 5.74) is 3.02. The number of fused-ring (bicyclic) bond motifs is 1. The lowest BCUT2D eigenvalue weighted by Crippen LogP contribution is -2.31. The lowest BCUT2D eigenvalue weighted by atomic mass is 10.1. The number of pyridine rings is 1. The Balaban J connectivity index is 1.69. The summed E-state index contributed by atoms with van der Waals surface area (Å²) in [6.07, 6.45) is 5.32. The Labute approximate surface area is 162 Å². The van der Waals surface area contributed by atoms with Crippen LogP contribution in [-0.2, 0) is 7.05 Å². The van der Waals surface area contributed by atoms with Crippen LogP contribution in [0.3, 0.4) is 0 Å². The zero-order chi connectivity index (χ0) is 19.7. The highest BCUT2D eigenvalue weighted by Gasteiger charge is 2.23. The monoisotopic (exact) mass is 375 g/mol. The van der Waals surface area contributed by atoms with Crippen molar-refractivity contribution >= 4 is 11.6 Å². The first kappa shape index (κ1) is 17.8. The van der Waals surface area contributed by atoms with E-state index in [0.29, 0.717) is 5.69 Å². The number of benzene rings is 1. The van der Waals surface area contributed by atoms with Crippen molar-refractivity contribution in [2.45, 2.75) is 13.0 Å². The van der Waals surface area contributed by atoms with Gasteiger partial charge in [-0.05, 0) is 36.8 Å². The zero-order valence-corrected chi connectivity index (χ0v) is 16.0. The highest BCUT2D eigenvalue weighted by atomic mass is 16.5. The molecule has 0 unspecified atom stereocenters. The Kier molecular flexibility index (Phi) is 4.57. The molecule has 0 saturated heterocycles. The second-order valence-corrected chi connectivity index (χ2v) is 6.60. The van der Waals surface area contributed by atoms with E-state index in [1.165, 1.54) is 0 Å². The molecule has 1 N–H and O–H groups in total. The third kappa shape index (κ3) is 3.22. The standard InChI is InChI=1S/C21H21N5O2/c1-14-5-4-6-18-23-17(13-26(14)18)21(27)24-19(20-22-11-12-25(20)2)15-7-9-16(28-3)10-8-15/h4-13,19H,1-3H3,(H,24,27)/t19-/m1/s1. The first-order valence-electron chi connectivity index (χ1n) is 8.93. The molecule has 7 nitrogen and oxygen atoms in total. The summed E-state index contributed by atoms with van der Waals surface area (Å²) in [6, 6.07) is 12.9. The molecule has 1 aromatic carbocycles. The van der Waals surface area contributed by atoms with Gasteiger partial charge in [0.2, 0.25) is 0 Å². The van der Waals surface area contributed by atoms with Crippen molar-refractivity contribution in [3.8, 4) is 5.75 Å². The van der Waals surface area contributed by atoms with Crippen LogP contribution < -0.4 is 10.1 Å². The van der Waals surface area contributed by atoms with Crippen molar-refractivity contribution in [1.82, 2.24) is 24.3 Å². The van der Waals surface area contributed by atoms with Gasteiger partial charge in [-0.3, -0.25) is 4.79 Å². The first-order chi connectivity index (χ1) is 13.6. The molecule has 0 aliphatic carbocycles. The first-order valence-corrected chi connectivity index (χ1v) is 8.93. The maximum atomic E-state index is 13.0. The van der Waals surface area contributed by atoms with Crippen LogP contribution in [0.25, 0.3) is 5.65 Å². The van der Waals surface area contributed by atoms with Gasteiger partial charge in [-0.25, -0.2) is 9.97 Å². The molecule has 3 heterocycles. The number of nitrogens with zero attached hydrogens (tertiary/aromatic N) is 4. The Morgan fingerprint density at radius 3 is 2.61 bits per heavy atom. The summed E-state index contributed by atoms with van der Waals surface area (Å²) in [6.45, 7) is 1.98. The molecule has 28 heavy (non-hydrogen) atoms. The second-order valence-electron chi connectivity index (χ2n) is 6.60. The van der Waals surface area contributed by atoms with E-state index >= 15 is 0 Å². The molecular weight excluding hydrogens is 354 g/mol. The molecule has 142 valence electrons. The highest BCUT2D eigenvalue weighted by molar-refractivity contribution is 5.93. The van der Waals surface area contributed by atoms with Gasteiger partial charge in [-0.2, -0.15) is 0 Å². The van der Waals surface area contributed by atoms with Gasteiger partial charge < -0.3 is 19.0 Å². The molecule has 3 aromatic heterocycles. The van der Waals surface area contributed by atoms with Gasteiger partial charge in [0.05, 0.1) is 7.11 Å². The summed E-state index contributed by atoms with van der Waals surface area (Å²) in [5, 5.41) is 3.07. The molecule has 0 saturated carbocycles. The fourth-order valence-electron chi connectivity index (χ4n) is 3.21. The molecule has 0 aliphatic heterocycles. The Morgan fingerprint density at radius 2 is 1.96 bits per heavy atom. The normalized spacial score (nSPS) is 12.1. The van der Waals surface area contributed by atoms with Gasteiger partial charge in [0.1, 0.15) is 29.0 Å². The van der Waals surface area contributed by atoms with Crippen LogP contribution in [0.15, 0.2) is 61.1 Å². The van der Waals surface area contributed by atoms with E-state index in [2.05, 4.69) is 15.3 Å². The molecule has 4 aromatic rings. The summed E-state index contributed by atoms with van der Waals surface area (Å²) in [4.78, 5) is 21.9. The van der Waals surface area contributed by atoms with Crippen LogP contribution in [0.4, 0.5) is 0 Å². The third-order valence-corrected chi connectivity index (χ3v) is 4.77. The van der Waals surface area contributed by atoms with Gasteiger partial charge >= 0.3 is 0 Å². The predicted molar refractivity (Wildman–Crippen MR) is 105 cm³/mol. The van der Waals surface area contributed by atoms with Gasteiger partial charge in [-0.15, -0.1) is 0 Å². The lowest BCUT2D eigenvalue weighted by Gasteiger charge is -2.19. The van der Waals surface area contributed by atoms with Crippen molar-refractivity contribution in [2.24, 2.45) is 7.05 Å². The van der Waals surface area contributed by atoms with E-state index in [9.17, 15) is 4.79 Å². The smallest absolute Gasteiger partial charge is 0.272 e. The van der Waals surface area contributed by atoms with Crippen LogP contribution in [0.5, 0.6) is 5.75 Å². The van der Waals surface area contributed by atoms with E-state index < -0.39 is 6.04 Å². The quantitative estimate of drug-likeness (QED) is 0.582. The summed E-state index contributed by atoms with van der Waals surface area (Å²) < 4.78 is 9.03. The lowest BCUT2D eigenvalue weighted by molar-refractivity contribution is 0.0936. The van der Waals surface area contributed by atoms with Crippen molar-refractivity contribution in [1.29, 1.82) is 0 Å². The molecule has 1 amide bonds. The topological polar surface area (TPSA) is 73.4 Å². The number of rotatable bonds is 5. The fraction of sp³-hybridized carbons (Fsp3) is 0.190. The Morgan fingerprint density at radius 1 is 1.18 bits per heavy atom. The molecule has 7 heteroatoms. The SMILES string of the molecule is COc1ccc([C@@H](NC(=O)c2cn3c(C)cccc3n2)c2nccn2C)cc1. The summed E-state index contributed by atoms with van der Waals surface area (Å²) in [5.74, 6) is 1.23. The highest BCUT2D eigenvalue weighted by Crippen LogP contribution is 2.23. The van der Waals surface area contributed by atoms with E-state index in [1.807, 2.05) is 71.6 Å². The molecule has 0 aliphatic rings. The molecule has 4 rings (SSSR count). The van der Waals surface area contributed by atoms with Crippen molar-refractivity contribution in [3.05, 3.63) is 83.8 Å². The molecular formula is C21H21N5O2. The van der Waals surface area contributed by atoms with Crippen molar-refractivity contribution in [2.75, 3.05) is 7.11 Å². The van der Waals surface area contributed by atoms with Crippen LogP contribution in [-0.4, -0.2) is 32.0 Å². The van der Waals surface area contributed by atoms with Gasteiger partial charge in [0.15, 0.2) is 0 Å². The minimum absolute atomic E-state index is 0.257. The average molecular weight is 375 g/mol. The number of nitrogens with one attached hydrogen (secondary N) is 1. The van der Waals surface area contributed by atoms with Crippen molar-refractivity contribution in [3.63, 3.8) is 0 Å². The minimum atomic E-state index is -0.413. The zero-order valence-electron chi connectivity index (χ0n) is 16.0. The maximum Gasteiger partial charge on any atom is 0.272 e. The Bertz CT molecular complexity index is 1130. The average Bonchev–Trinajstić information content (AvgIpc) is 3.33. The molecule has 1 atom stereocenters. The number of hydrogen-bond acceptors (Lipinski definition) is 4. The second kappa shape index (κ2) is 7.19. The number of imidazole rings is 2. The largest absolute Gasteiger partial charge is 0.497 e. The fourth-order valence-corrected chi connectivity index (χ4v) is 3.21. The van der Waals surface area contributed by atoms with E-state index in [4.69, 9.17) is 4.74 Å². The predicted octanol–water partition coefficient (Wildman–Crippen LogP) is 2.90. The molecule has 0 bridgehead atoms. The minimum Gasteiger partial charge on any atom is -0.497 e. The maximum absolute atomic E-state index is 13.0. The molecule has 0 fully saturated rings. The number of carbonyl (C=O) groups is 1. The van der Waals surface area contributed by atoms with E-state index in [1.54, 1.807) is 19.5 Å². The van der Waals surface area contributed by atoms with Crippen LogP contribution in [0.2, 0.25) is 0 Å². The van der Waals surface area contributed by atoms with Crippen LogP contribution in [0, 0.1) is 6.92 Å². The number of methoxy groups -OCH3 is 1. The number of carbonyl (C=O) groups excluding carboxylic acids is 1. The third-order valence-electron chi connectivity index (χ3n) is 4.77. The van der Waals surface area contributed by atoms with Crippen LogP contribution in [0.1, 0.15) is 33.6 Å². The molecule has 0 spiro atoms. The van der Waals surface area contributed by atoms with E-state index in [0.717, 1.165) is 28.5 Å². The molecule has 0 radical (unpaired) electrons. The van der Waals surface area contributed by atoms with E-state index in [-0.39, 0.29) is 5.91 Å². The number of aromatic nitrogens is 4. The van der Waals surface area contributed by atoms with Crippen molar-refractivity contribution < 1.29 is 9.53 Å². The summed E-state index contributed by atoms with van der Waals surface area (Å²) >= 11 is 0. The van der Waals surface area contributed by atoms with Gasteiger partial charge in [-0.1, -0.05) is 18.2 Å². The van der Waals surface area contributed by atoms with Gasteiger partial charge in [0, 0.05) is 31.3 Å². The number of aryl methyl sites for hydroxylation is 2. The Hall–Kier alpha value is -3.61. The van der Waals surface area contributed by atoms with Crippen LogP contribution >= 0.6 is 0 Å². The number of hydrogen-bond donors (Lipinski definition) is 1. The number of amides is 1. The summed E-state index contributed by atoms with van der Waals surface area (Å²) in [7, 11) is 3.53. The number of ether oxygens (including phenoxy) is 1.